The smallest absolute Gasteiger partial charge is 0.388 e. The van der Waals surface area contributed by atoms with Crippen molar-refractivity contribution in [3.63, 3.8) is 0 Å². The Balaban J connectivity index is 1.24. The van der Waals surface area contributed by atoms with Crippen LogP contribution in [0.4, 0.5) is 24.9 Å². The zero-order chi connectivity index (χ0) is 33.0. The number of nitrogens with one attached hydrogen (secondary N) is 1. The minimum atomic E-state index is -5.11. The van der Waals surface area contributed by atoms with Gasteiger partial charge in [0.25, 0.3) is 0 Å². The molecule has 0 radical (unpaired) electrons. The van der Waals surface area contributed by atoms with Crippen LogP contribution < -0.4 is 16.0 Å². The van der Waals surface area contributed by atoms with Crippen molar-refractivity contribution >= 4 is 28.8 Å². The number of nitrogens with zero attached hydrogens (tertiary/aromatic N) is 6. The number of carbonyl (C=O) groups is 1. The van der Waals surface area contributed by atoms with Crippen molar-refractivity contribution in [3.05, 3.63) is 66.0 Å². The zero-order valence-electron chi connectivity index (χ0n) is 25.8. The molecule has 11 nitrogen and oxygen atoms in total. The number of benzene rings is 2. The molecule has 3 aliphatic rings. The summed E-state index contributed by atoms with van der Waals surface area (Å²) in [6, 6.07) is 14.4. The van der Waals surface area contributed by atoms with Gasteiger partial charge in [0.05, 0.1) is 18.4 Å². The second-order valence-electron chi connectivity index (χ2n) is 12.6. The summed E-state index contributed by atoms with van der Waals surface area (Å²) in [5.41, 5.74) is 11.7. The number of fused-ring (bicyclic) bond motifs is 4. The summed E-state index contributed by atoms with van der Waals surface area (Å²) in [6.45, 7) is 3.12. The van der Waals surface area contributed by atoms with E-state index in [4.69, 9.17) is 15.7 Å². The number of aromatic nitrogens is 4. The average molecular weight is 651 g/mol. The number of nitrogens with two attached hydrogens (primary N) is 1. The Labute approximate surface area is 269 Å². The van der Waals surface area contributed by atoms with Crippen molar-refractivity contribution in [2.24, 2.45) is 5.73 Å². The van der Waals surface area contributed by atoms with Crippen molar-refractivity contribution in [2.75, 3.05) is 36.4 Å². The second-order valence-corrected chi connectivity index (χ2v) is 12.6. The van der Waals surface area contributed by atoms with Crippen molar-refractivity contribution in [1.82, 2.24) is 24.4 Å². The van der Waals surface area contributed by atoms with E-state index in [-0.39, 0.29) is 31.3 Å². The van der Waals surface area contributed by atoms with Crippen LogP contribution in [0.3, 0.4) is 0 Å². The fourth-order valence-corrected chi connectivity index (χ4v) is 7.45. The van der Waals surface area contributed by atoms with Crippen LogP contribution in [-0.2, 0) is 4.79 Å². The fourth-order valence-electron chi connectivity index (χ4n) is 7.45. The number of halogens is 3. The third kappa shape index (κ3) is 5.47. The maximum atomic E-state index is 13.5. The summed E-state index contributed by atoms with van der Waals surface area (Å²) in [6.07, 6.45) is -5.84. The zero-order valence-corrected chi connectivity index (χ0v) is 25.8. The maximum absolute atomic E-state index is 13.5. The molecule has 7 rings (SSSR count). The fraction of sp³-hybridized carbons (Fsp3) is 0.455. The van der Waals surface area contributed by atoms with E-state index in [1.54, 1.807) is 11.5 Å². The highest BCUT2D eigenvalue weighted by atomic mass is 19.4. The molecule has 14 heteroatoms. The molecule has 5 N–H and O–H groups in total. The van der Waals surface area contributed by atoms with Gasteiger partial charge in [0.15, 0.2) is 17.0 Å². The highest BCUT2D eigenvalue weighted by Crippen LogP contribution is 2.45. The number of amides is 1. The van der Waals surface area contributed by atoms with Gasteiger partial charge in [-0.3, -0.25) is 4.79 Å². The molecular weight excluding hydrogens is 613 g/mol. The number of aliphatic hydroxyl groups is 2. The molecule has 2 aromatic heterocycles. The van der Waals surface area contributed by atoms with E-state index < -0.39 is 36.4 Å². The Hall–Kier alpha value is -4.27. The lowest BCUT2D eigenvalue weighted by Crippen LogP contribution is -2.51. The second kappa shape index (κ2) is 12.1. The molecule has 2 fully saturated rings. The van der Waals surface area contributed by atoms with E-state index in [0.717, 1.165) is 6.42 Å². The van der Waals surface area contributed by atoms with Crippen molar-refractivity contribution < 1.29 is 28.2 Å². The molecule has 3 heterocycles. The summed E-state index contributed by atoms with van der Waals surface area (Å²) in [7, 11) is 0. The molecular formula is C33H37F3N8O3. The number of rotatable bonds is 8. The number of hydrogen-bond acceptors (Lipinski definition) is 9. The minimum absolute atomic E-state index is 0.0430. The lowest BCUT2D eigenvalue weighted by atomic mass is 9.97. The molecule has 0 unspecified atom stereocenters. The quantitative estimate of drug-likeness (QED) is 0.225. The molecule has 0 bridgehead atoms. The van der Waals surface area contributed by atoms with Gasteiger partial charge in [-0.05, 0) is 41.5 Å². The average Bonchev–Trinajstić information content (AvgIpc) is 3.82. The number of carbonyl (C=O) groups excluding carboxylic acids is 1. The molecule has 4 aromatic rings. The van der Waals surface area contributed by atoms with Crippen molar-refractivity contribution in [3.8, 4) is 11.1 Å². The predicted molar refractivity (Wildman–Crippen MR) is 170 cm³/mol. The van der Waals surface area contributed by atoms with E-state index in [1.165, 1.54) is 28.6 Å². The first kappa shape index (κ1) is 31.3. The molecule has 2 aromatic carbocycles. The highest BCUT2D eigenvalue weighted by Gasteiger charge is 2.51. The molecule has 1 amide bonds. The van der Waals surface area contributed by atoms with E-state index in [1.807, 2.05) is 29.2 Å². The van der Waals surface area contributed by atoms with Crippen LogP contribution >= 0.6 is 0 Å². The van der Waals surface area contributed by atoms with Crippen LogP contribution in [0.5, 0.6) is 0 Å². The van der Waals surface area contributed by atoms with Gasteiger partial charge >= 0.3 is 12.1 Å². The molecule has 2 aliphatic carbocycles. The van der Waals surface area contributed by atoms with Crippen molar-refractivity contribution in [1.29, 1.82) is 0 Å². The van der Waals surface area contributed by atoms with Crippen LogP contribution in [-0.4, -0.2) is 97.2 Å². The van der Waals surface area contributed by atoms with Gasteiger partial charge in [-0.2, -0.15) is 23.1 Å². The van der Waals surface area contributed by atoms with Crippen LogP contribution in [0, 0.1) is 0 Å². The maximum Gasteiger partial charge on any atom is 0.471 e. The third-order valence-electron chi connectivity index (χ3n) is 9.70. The molecule has 248 valence electrons. The monoisotopic (exact) mass is 650 g/mol. The van der Waals surface area contributed by atoms with Gasteiger partial charge in [-0.25, -0.2) is 4.98 Å². The highest BCUT2D eigenvalue weighted by molar-refractivity contribution is 5.85. The van der Waals surface area contributed by atoms with Gasteiger partial charge in [-0.1, -0.05) is 55.5 Å². The minimum Gasteiger partial charge on any atom is -0.388 e. The largest absolute Gasteiger partial charge is 0.471 e. The third-order valence-corrected chi connectivity index (χ3v) is 9.70. The van der Waals surface area contributed by atoms with Crippen LogP contribution in [0.2, 0.25) is 0 Å². The molecule has 1 saturated carbocycles. The van der Waals surface area contributed by atoms with Crippen molar-refractivity contribution in [2.45, 2.75) is 68.6 Å². The first-order valence-corrected chi connectivity index (χ1v) is 16.0. The van der Waals surface area contributed by atoms with Gasteiger partial charge in [0.2, 0.25) is 5.95 Å². The summed E-state index contributed by atoms with van der Waals surface area (Å²) >= 11 is 0. The van der Waals surface area contributed by atoms with E-state index in [0.29, 0.717) is 47.5 Å². The van der Waals surface area contributed by atoms with E-state index in [2.05, 4.69) is 34.6 Å². The Bertz CT molecular complexity index is 1750. The number of anilines is 2. The summed E-state index contributed by atoms with van der Waals surface area (Å²) in [4.78, 5) is 29.2. The molecule has 5 atom stereocenters. The van der Waals surface area contributed by atoms with Crippen LogP contribution in [0.15, 0.2) is 54.9 Å². The Morgan fingerprint density at radius 1 is 1.06 bits per heavy atom. The summed E-state index contributed by atoms with van der Waals surface area (Å²) < 4.78 is 42.1. The number of aliphatic hydroxyl groups excluding tert-OH is 2. The lowest BCUT2D eigenvalue weighted by Gasteiger charge is -2.31. The standard InChI is InChI=1S/C33H37F3N8O3/c1-2-12-43(31(47)33(34,35)36)24-14-25(28(46)27(24)45)44-17-39-26-29(40-32(41-30(26)44)42-13-11-18(37)16-42)38-15-23-21-9-5-3-7-19(21)20-8-4-6-10-22(20)23/h3-10,17-18,23-25,27-28,45-46H,2,11-16,37H2,1H3,(H,38,40,41)/t18-,24+,25-,27-,28+/m1/s1. The van der Waals surface area contributed by atoms with E-state index in [9.17, 15) is 28.2 Å². The van der Waals surface area contributed by atoms with Gasteiger partial charge in [-0.15, -0.1) is 0 Å². The summed E-state index contributed by atoms with van der Waals surface area (Å²) in [5.74, 6) is -1.12. The Morgan fingerprint density at radius 2 is 1.74 bits per heavy atom. The number of imidazole rings is 1. The first-order chi connectivity index (χ1) is 22.6. The summed E-state index contributed by atoms with van der Waals surface area (Å²) in [5, 5.41) is 25.7. The number of alkyl halides is 3. The Kier molecular flexibility index (Phi) is 8.05. The van der Waals surface area contributed by atoms with Crippen LogP contribution in [0.1, 0.15) is 49.3 Å². The van der Waals surface area contributed by atoms with Gasteiger partial charge in [0.1, 0.15) is 12.2 Å². The normalized spacial score (nSPS) is 24.1. The predicted octanol–water partition coefficient (Wildman–Crippen LogP) is 3.42. The number of hydrogen-bond donors (Lipinski definition) is 4. The van der Waals surface area contributed by atoms with Gasteiger partial charge in [0, 0.05) is 38.1 Å². The van der Waals surface area contributed by atoms with Gasteiger partial charge < -0.3 is 35.6 Å². The molecule has 47 heavy (non-hydrogen) atoms. The Morgan fingerprint density at radius 3 is 2.36 bits per heavy atom. The first-order valence-electron chi connectivity index (χ1n) is 16.0. The molecule has 0 spiro atoms. The van der Waals surface area contributed by atoms with E-state index >= 15 is 0 Å². The topological polar surface area (TPSA) is 146 Å². The van der Waals surface area contributed by atoms with Crippen LogP contribution in [0.25, 0.3) is 22.3 Å². The lowest BCUT2D eigenvalue weighted by molar-refractivity contribution is -0.190. The molecule has 1 saturated heterocycles. The SMILES string of the molecule is CCCN(C(=O)C(F)(F)F)[C@H]1C[C@@H](n2cnc3c(NCC4c5ccccc5-c5ccccc54)nc(N4CC[C@@H](N)C4)nc32)[C@H](O)[C@@H]1O. The molecule has 1 aliphatic heterocycles.